The molecule has 0 aromatic heterocycles. The Kier molecular flexibility index (Phi) is 6.91. The lowest BCUT2D eigenvalue weighted by Gasteiger charge is -2.37. The van der Waals surface area contributed by atoms with E-state index in [0.717, 1.165) is 62.7 Å². The van der Waals surface area contributed by atoms with Crippen molar-refractivity contribution in [3.8, 4) is 11.5 Å². The molecule has 2 heterocycles. The number of nitrogens with one attached hydrogen (secondary N) is 2. The van der Waals surface area contributed by atoms with Crippen LogP contribution in [0.5, 0.6) is 11.5 Å². The summed E-state index contributed by atoms with van der Waals surface area (Å²) in [5.41, 5.74) is 12.8. The van der Waals surface area contributed by atoms with E-state index in [1.165, 1.54) is 0 Å². The molecule has 0 amide bonds. The van der Waals surface area contributed by atoms with Crippen molar-refractivity contribution < 1.29 is 14.3 Å². The summed E-state index contributed by atoms with van der Waals surface area (Å²) in [5.74, 6) is 0.937. The number of fused-ring (bicyclic) bond motifs is 6. The number of nitrogens with zero attached hydrogens (tertiary/aromatic N) is 1. The number of hydrazine groups is 1. The lowest BCUT2D eigenvalue weighted by atomic mass is 9.77. The van der Waals surface area contributed by atoms with Gasteiger partial charge in [0.05, 0.1) is 22.6 Å². The molecular weight excluding hydrogens is 582 g/mol. The highest BCUT2D eigenvalue weighted by Crippen LogP contribution is 2.56. The Hall–Kier alpha value is -6.01. The summed E-state index contributed by atoms with van der Waals surface area (Å²) in [6.07, 6.45) is 0.795. The zero-order valence-corrected chi connectivity index (χ0v) is 26.2. The Morgan fingerprint density at radius 3 is 2.11 bits per heavy atom. The molecule has 2 N–H and O–H groups in total. The molecule has 0 fully saturated rings. The predicted octanol–water partition coefficient (Wildman–Crippen LogP) is 10.0. The standard InChI is InChI=1S/C41H33N3O3/c1-3-31-36(25-22-27(2)39(31)42-28-14-6-4-7-15-28)44(43-29-16-8-5-9-17-29)30-23-24-35-38(26-30)46-37-21-13-12-20-34(37)41(35)33-19-11-10-18-32(33)40(45)47-41/h4-26,42-43H,3H2,1-2H3. The molecule has 1 atom stereocenters. The molecule has 0 bridgehead atoms. The molecule has 8 rings (SSSR count). The van der Waals surface area contributed by atoms with E-state index < -0.39 is 5.60 Å². The number of para-hydroxylation sites is 3. The van der Waals surface area contributed by atoms with Crippen LogP contribution in [0, 0.1) is 6.92 Å². The third-order valence-electron chi connectivity index (χ3n) is 9.01. The maximum atomic E-state index is 13.3. The van der Waals surface area contributed by atoms with E-state index in [1.807, 2.05) is 109 Å². The summed E-state index contributed by atoms with van der Waals surface area (Å²) in [6, 6.07) is 46.2. The van der Waals surface area contributed by atoms with E-state index in [9.17, 15) is 4.79 Å². The van der Waals surface area contributed by atoms with Crippen LogP contribution in [-0.2, 0) is 16.8 Å². The Balaban J connectivity index is 1.30. The van der Waals surface area contributed by atoms with E-state index in [4.69, 9.17) is 9.47 Å². The minimum Gasteiger partial charge on any atom is -0.456 e. The number of carbonyl (C=O) groups is 1. The summed E-state index contributed by atoms with van der Waals surface area (Å²) in [6.45, 7) is 4.31. The van der Waals surface area contributed by atoms with Crippen molar-refractivity contribution in [3.05, 3.63) is 173 Å². The van der Waals surface area contributed by atoms with Gasteiger partial charge in [-0.3, -0.25) is 10.4 Å². The van der Waals surface area contributed by atoms with Gasteiger partial charge in [-0.15, -0.1) is 0 Å². The number of carbonyl (C=O) groups excluding carboxylic acids is 1. The SMILES string of the molecule is CCc1c(N(Nc2ccccc2)c2ccc3c(c2)Oc2ccccc2C32OC(=O)c3ccccc32)ccc(C)c1Nc1ccccc1. The highest BCUT2D eigenvalue weighted by molar-refractivity contribution is 5.97. The zero-order chi connectivity index (χ0) is 32.0. The van der Waals surface area contributed by atoms with Crippen LogP contribution in [0.2, 0.25) is 0 Å². The highest BCUT2D eigenvalue weighted by atomic mass is 16.6. The van der Waals surface area contributed by atoms with Gasteiger partial charge in [0, 0.05) is 39.7 Å². The van der Waals surface area contributed by atoms with Crippen LogP contribution < -0.4 is 20.5 Å². The fourth-order valence-electron chi connectivity index (χ4n) is 6.82. The summed E-state index contributed by atoms with van der Waals surface area (Å²) in [5, 5.41) is 5.79. The molecule has 47 heavy (non-hydrogen) atoms. The molecule has 2 aliphatic rings. The topological polar surface area (TPSA) is 62.8 Å². The molecule has 1 spiro atoms. The molecule has 0 saturated heterocycles. The minimum absolute atomic E-state index is 0.342. The largest absolute Gasteiger partial charge is 0.456 e. The Morgan fingerprint density at radius 1 is 0.681 bits per heavy atom. The number of anilines is 5. The van der Waals surface area contributed by atoms with Crippen molar-refractivity contribution in [1.29, 1.82) is 0 Å². The monoisotopic (exact) mass is 615 g/mol. The Labute approximate surface area is 274 Å². The molecule has 0 saturated carbocycles. The average molecular weight is 616 g/mol. The van der Waals surface area contributed by atoms with Crippen LogP contribution in [-0.4, -0.2) is 5.97 Å². The lowest BCUT2D eigenvalue weighted by molar-refractivity contribution is 0.0224. The van der Waals surface area contributed by atoms with Gasteiger partial charge in [-0.05, 0) is 73.5 Å². The summed E-state index contributed by atoms with van der Waals surface area (Å²) >= 11 is 0. The number of esters is 1. The average Bonchev–Trinajstić information content (AvgIpc) is 3.41. The quantitative estimate of drug-likeness (QED) is 0.138. The van der Waals surface area contributed by atoms with Crippen LogP contribution in [0.3, 0.4) is 0 Å². The second-order valence-electron chi connectivity index (χ2n) is 11.8. The minimum atomic E-state index is -1.11. The van der Waals surface area contributed by atoms with Gasteiger partial charge in [0.25, 0.3) is 0 Å². The first-order chi connectivity index (χ1) is 23.1. The molecule has 6 nitrogen and oxygen atoms in total. The van der Waals surface area contributed by atoms with Crippen molar-refractivity contribution in [2.75, 3.05) is 15.8 Å². The molecule has 6 heteroatoms. The van der Waals surface area contributed by atoms with Crippen molar-refractivity contribution >= 4 is 34.4 Å². The van der Waals surface area contributed by atoms with E-state index in [1.54, 1.807) is 0 Å². The van der Waals surface area contributed by atoms with Gasteiger partial charge in [-0.25, -0.2) is 4.79 Å². The molecule has 0 radical (unpaired) electrons. The van der Waals surface area contributed by atoms with Crippen LogP contribution >= 0.6 is 0 Å². The summed E-state index contributed by atoms with van der Waals surface area (Å²) < 4.78 is 13.0. The normalized spacial score (nSPS) is 15.6. The number of hydrogen-bond donors (Lipinski definition) is 2. The highest BCUT2D eigenvalue weighted by Gasteiger charge is 2.53. The number of benzene rings is 6. The maximum Gasteiger partial charge on any atom is 0.340 e. The fraction of sp³-hybridized carbons (Fsp3) is 0.0976. The van der Waals surface area contributed by atoms with Crippen molar-refractivity contribution in [2.45, 2.75) is 25.9 Å². The van der Waals surface area contributed by atoms with E-state index in [0.29, 0.717) is 17.1 Å². The van der Waals surface area contributed by atoms with Crippen molar-refractivity contribution in [1.82, 2.24) is 0 Å². The van der Waals surface area contributed by atoms with Gasteiger partial charge >= 0.3 is 5.97 Å². The number of ether oxygens (including phenoxy) is 2. The van der Waals surface area contributed by atoms with Crippen LogP contribution in [0.4, 0.5) is 28.4 Å². The molecule has 6 aromatic rings. The van der Waals surface area contributed by atoms with Crippen LogP contribution in [0.15, 0.2) is 140 Å². The number of hydrogen-bond acceptors (Lipinski definition) is 6. The number of rotatable bonds is 7. The summed E-state index contributed by atoms with van der Waals surface area (Å²) in [7, 11) is 0. The fourth-order valence-corrected chi connectivity index (χ4v) is 6.82. The third-order valence-corrected chi connectivity index (χ3v) is 9.01. The molecule has 1 unspecified atom stereocenters. The molecule has 2 aliphatic heterocycles. The Bertz CT molecular complexity index is 2130. The second-order valence-corrected chi connectivity index (χ2v) is 11.8. The van der Waals surface area contributed by atoms with Gasteiger partial charge in [0.2, 0.25) is 0 Å². The van der Waals surface area contributed by atoms with Crippen molar-refractivity contribution in [3.63, 3.8) is 0 Å². The van der Waals surface area contributed by atoms with Gasteiger partial charge < -0.3 is 14.8 Å². The van der Waals surface area contributed by atoms with Gasteiger partial charge in [0.1, 0.15) is 11.5 Å². The number of aryl methyl sites for hydroxylation is 1. The first-order valence-electron chi connectivity index (χ1n) is 15.9. The van der Waals surface area contributed by atoms with Crippen LogP contribution in [0.25, 0.3) is 0 Å². The van der Waals surface area contributed by atoms with E-state index in [-0.39, 0.29) is 5.97 Å². The van der Waals surface area contributed by atoms with Crippen molar-refractivity contribution in [2.24, 2.45) is 0 Å². The first kappa shape index (κ1) is 28.5. The predicted molar refractivity (Wildman–Crippen MR) is 187 cm³/mol. The molecule has 230 valence electrons. The lowest BCUT2D eigenvalue weighted by Crippen LogP contribution is -2.33. The molecule has 0 aliphatic carbocycles. The zero-order valence-electron chi connectivity index (χ0n) is 26.2. The van der Waals surface area contributed by atoms with E-state index in [2.05, 4.69) is 59.9 Å². The first-order valence-corrected chi connectivity index (χ1v) is 15.9. The Morgan fingerprint density at radius 2 is 1.34 bits per heavy atom. The summed E-state index contributed by atoms with van der Waals surface area (Å²) in [4.78, 5) is 13.3. The van der Waals surface area contributed by atoms with Gasteiger partial charge in [-0.1, -0.05) is 85.8 Å². The smallest absolute Gasteiger partial charge is 0.340 e. The van der Waals surface area contributed by atoms with Gasteiger partial charge in [0.15, 0.2) is 5.60 Å². The third kappa shape index (κ3) is 4.69. The molecule has 6 aromatic carbocycles. The maximum absolute atomic E-state index is 13.3. The van der Waals surface area contributed by atoms with E-state index >= 15 is 0 Å². The van der Waals surface area contributed by atoms with Crippen LogP contribution in [0.1, 0.15) is 45.1 Å². The van der Waals surface area contributed by atoms with Gasteiger partial charge in [-0.2, -0.15) is 0 Å². The molecular formula is C41H33N3O3. The second kappa shape index (κ2) is 11.4.